The molecular formula is C19H20N3O3S+. The van der Waals surface area contributed by atoms with Crippen LogP contribution in [0.25, 0.3) is 17.1 Å². The molecule has 0 fully saturated rings. The normalized spacial score (nSPS) is 10.7. The van der Waals surface area contributed by atoms with Crippen molar-refractivity contribution in [2.75, 3.05) is 12.4 Å². The van der Waals surface area contributed by atoms with Crippen molar-refractivity contribution in [2.45, 2.75) is 19.0 Å². The summed E-state index contributed by atoms with van der Waals surface area (Å²) in [6.45, 7) is 4.57. The van der Waals surface area contributed by atoms with Crippen molar-refractivity contribution in [2.24, 2.45) is 0 Å². The number of thioether (sulfide) groups is 1. The maximum absolute atomic E-state index is 11.0. The number of nitrogens with one attached hydrogen (secondary N) is 1. The molecule has 0 aliphatic rings. The van der Waals surface area contributed by atoms with Crippen LogP contribution in [-0.2, 0) is 4.79 Å². The summed E-state index contributed by atoms with van der Waals surface area (Å²) in [5.41, 5.74) is 3.00. The molecule has 0 radical (unpaired) electrons. The number of ether oxygens (including phenoxy) is 1. The second kappa shape index (κ2) is 8.05. The first-order chi connectivity index (χ1) is 12.6. The second-order valence-corrected chi connectivity index (χ2v) is 6.61. The van der Waals surface area contributed by atoms with E-state index in [2.05, 4.69) is 16.3 Å². The van der Waals surface area contributed by atoms with Crippen LogP contribution in [0.1, 0.15) is 12.5 Å². The highest BCUT2D eigenvalue weighted by Gasteiger charge is 2.24. The van der Waals surface area contributed by atoms with E-state index >= 15 is 0 Å². The fraction of sp³-hybridized carbons (Fsp3) is 0.211. The predicted molar refractivity (Wildman–Crippen MR) is 99.8 cm³/mol. The number of benzene rings is 2. The highest BCUT2D eigenvalue weighted by Crippen LogP contribution is 2.22. The van der Waals surface area contributed by atoms with E-state index in [1.165, 1.54) is 11.8 Å². The van der Waals surface area contributed by atoms with Crippen LogP contribution in [0.15, 0.2) is 53.7 Å². The largest absolute Gasteiger partial charge is 0.494 e. The first-order valence-electron chi connectivity index (χ1n) is 8.23. The van der Waals surface area contributed by atoms with Crippen LogP contribution < -0.4 is 9.30 Å². The summed E-state index contributed by atoms with van der Waals surface area (Å²) in [5, 5.41) is 17.0. The molecule has 3 rings (SSSR count). The lowest BCUT2D eigenvalue weighted by Gasteiger charge is -2.06. The lowest BCUT2D eigenvalue weighted by atomic mass is 10.1. The molecule has 0 aliphatic heterocycles. The van der Waals surface area contributed by atoms with Crippen LogP contribution in [0.4, 0.5) is 0 Å². The lowest BCUT2D eigenvalue weighted by Crippen LogP contribution is -2.34. The van der Waals surface area contributed by atoms with Gasteiger partial charge in [0.15, 0.2) is 0 Å². The Morgan fingerprint density at radius 2 is 2.04 bits per heavy atom. The average Bonchev–Trinajstić information content (AvgIpc) is 3.05. The molecule has 0 atom stereocenters. The molecule has 2 aromatic carbocycles. The summed E-state index contributed by atoms with van der Waals surface area (Å²) in [6.07, 6.45) is 0. The molecule has 0 spiro atoms. The molecule has 0 amide bonds. The molecule has 6 nitrogen and oxygen atoms in total. The second-order valence-electron chi connectivity index (χ2n) is 5.67. The number of aliphatic carboxylic acids is 1. The molecule has 0 bridgehead atoms. The summed E-state index contributed by atoms with van der Waals surface area (Å²) in [4.78, 5) is 11.0. The Bertz CT molecular complexity index is 907. The Morgan fingerprint density at radius 1 is 1.27 bits per heavy atom. The monoisotopic (exact) mass is 370 g/mol. The first-order valence-corrected chi connectivity index (χ1v) is 9.22. The standard InChI is InChI=1S/C19H19N3O3S/c1-3-25-16-9-7-15(8-10-16)22-18(14-6-4-5-13(2)11-14)20-21-19(22)26-12-17(23)24/h4-11H,3,12H2,1-2H3,(H,23,24)/p+1. The zero-order valence-corrected chi connectivity index (χ0v) is 15.4. The molecule has 134 valence electrons. The van der Waals surface area contributed by atoms with Gasteiger partial charge in [0.2, 0.25) is 0 Å². The number of hydrogen-bond donors (Lipinski definition) is 2. The van der Waals surface area contributed by atoms with Gasteiger partial charge in [0.25, 0.3) is 5.82 Å². The van der Waals surface area contributed by atoms with Gasteiger partial charge in [0.1, 0.15) is 17.2 Å². The number of carboxylic acid groups (broad SMARTS) is 1. The van der Waals surface area contributed by atoms with E-state index in [9.17, 15) is 4.79 Å². The van der Waals surface area contributed by atoms with Gasteiger partial charge in [0.05, 0.1) is 17.3 Å². The van der Waals surface area contributed by atoms with Gasteiger partial charge < -0.3 is 9.84 Å². The summed E-state index contributed by atoms with van der Waals surface area (Å²) >= 11 is 1.17. The van der Waals surface area contributed by atoms with Crippen LogP contribution >= 0.6 is 11.8 Å². The number of aromatic nitrogens is 3. The highest BCUT2D eigenvalue weighted by molar-refractivity contribution is 7.99. The molecular weight excluding hydrogens is 350 g/mol. The van der Waals surface area contributed by atoms with E-state index in [-0.39, 0.29) is 5.75 Å². The van der Waals surface area contributed by atoms with E-state index < -0.39 is 5.97 Å². The van der Waals surface area contributed by atoms with Crippen molar-refractivity contribution < 1.29 is 19.2 Å². The van der Waals surface area contributed by atoms with Crippen LogP contribution in [0.5, 0.6) is 5.75 Å². The molecule has 0 saturated heterocycles. The van der Waals surface area contributed by atoms with E-state index in [1.807, 2.05) is 60.9 Å². The first kappa shape index (κ1) is 18.0. The molecule has 0 aliphatic carbocycles. The lowest BCUT2D eigenvalue weighted by molar-refractivity contribution is -0.625. The van der Waals surface area contributed by atoms with E-state index in [0.717, 1.165) is 28.4 Å². The fourth-order valence-corrected chi connectivity index (χ4v) is 3.29. The van der Waals surface area contributed by atoms with Gasteiger partial charge >= 0.3 is 11.1 Å². The van der Waals surface area contributed by atoms with Gasteiger partial charge in [-0.3, -0.25) is 4.79 Å². The van der Waals surface area contributed by atoms with E-state index in [1.54, 1.807) is 0 Å². The Kier molecular flexibility index (Phi) is 5.58. The van der Waals surface area contributed by atoms with Crippen molar-refractivity contribution >= 4 is 17.7 Å². The van der Waals surface area contributed by atoms with Crippen LogP contribution in [0.2, 0.25) is 0 Å². The van der Waals surface area contributed by atoms with Crippen molar-refractivity contribution in [1.29, 1.82) is 0 Å². The Balaban J connectivity index is 2.06. The Labute approximate surface area is 155 Å². The van der Waals surface area contributed by atoms with Crippen molar-refractivity contribution in [1.82, 2.24) is 10.2 Å². The van der Waals surface area contributed by atoms with Gasteiger partial charge in [0, 0.05) is 0 Å². The van der Waals surface area contributed by atoms with Gasteiger partial charge in [-0.1, -0.05) is 17.7 Å². The molecule has 0 unspecified atom stereocenters. The molecule has 7 heteroatoms. The van der Waals surface area contributed by atoms with Gasteiger partial charge in [-0.2, -0.15) is 4.57 Å². The fourth-order valence-electron chi connectivity index (χ4n) is 2.60. The predicted octanol–water partition coefficient (Wildman–Crippen LogP) is 3.24. The highest BCUT2D eigenvalue weighted by atomic mass is 32.2. The van der Waals surface area contributed by atoms with Crippen molar-refractivity contribution in [3.05, 3.63) is 54.1 Å². The van der Waals surface area contributed by atoms with E-state index in [0.29, 0.717) is 11.8 Å². The number of H-pyrrole nitrogens is 1. The smallest absolute Gasteiger partial charge is 0.342 e. The molecule has 2 N–H and O–H groups in total. The molecule has 3 aromatic rings. The van der Waals surface area contributed by atoms with Crippen LogP contribution in [-0.4, -0.2) is 33.6 Å². The van der Waals surface area contributed by atoms with Gasteiger partial charge in [-0.05, 0) is 62.0 Å². The average molecular weight is 370 g/mol. The third-order valence-corrected chi connectivity index (χ3v) is 4.62. The zero-order valence-electron chi connectivity index (χ0n) is 14.6. The van der Waals surface area contributed by atoms with Crippen LogP contribution in [0.3, 0.4) is 0 Å². The van der Waals surface area contributed by atoms with Crippen molar-refractivity contribution in [3.63, 3.8) is 0 Å². The molecule has 1 aromatic heterocycles. The summed E-state index contributed by atoms with van der Waals surface area (Å²) in [7, 11) is 0. The maximum atomic E-state index is 11.0. The van der Waals surface area contributed by atoms with Crippen LogP contribution in [0, 0.1) is 6.92 Å². The molecule has 0 saturated carbocycles. The van der Waals surface area contributed by atoms with Gasteiger partial charge in [-0.15, -0.1) is 5.10 Å². The third-order valence-electron chi connectivity index (χ3n) is 3.69. The maximum Gasteiger partial charge on any atom is 0.342 e. The quantitative estimate of drug-likeness (QED) is 0.493. The Morgan fingerprint density at radius 3 is 2.69 bits per heavy atom. The minimum atomic E-state index is -0.881. The molecule has 26 heavy (non-hydrogen) atoms. The SMILES string of the molecule is CCOc1ccc(-[n+]2c(SCC(=O)O)n[nH]c2-c2cccc(C)c2)cc1. The number of carboxylic acids is 1. The number of rotatable bonds is 7. The zero-order chi connectivity index (χ0) is 18.5. The number of aromatic amines is 1. The molecule has 1 heterocycles. The number of aryl methyl sites for hydroxylation is 1. The van der Waals surface area contributed by atoms with Gasteiger partial charge in [-0.25, -0.2) is 0 Å². The summed E-state index contributed by atoms with van der Waals surface area (Å²) in [5.74, 6) is 0.645. The van der Waals surface area contributed by atoms with Crippen molar-refractivity contribution in [3.8, 4) is 22.8 Å². The topological polar surface area (TPSA) is 79.1 Å². The number of nitrogens with zero attached hydrogens (tertiary/aromatic N) is 2. The number of carbonyl (C=O) groups is 1. The Hall–Kier alpha value is -2.80. The van der Waals surface area contributed by atoms with E-state index in [4.69, 9.17) is 9.84 Å². The summed E-state index contributed by atoms with van der Waals surface area (Å²) < 4.78 is 7.43. The third kappa shape index (κ3) is 4.05. The minimum absolute atomic E-state index is 0.0604. The minimum Gasteiger partial charge on any atom is -0.494 e. The summed E-state index contributed by atoms with van der Waals surface area (Å²) in [6, 6.07) is 15.7. The number of hydrogen-bond acceptors (Lipinski definition) is 4.